The van der Waals surface area contributed by atoms with E-state index in [9.17, 15) is 13.9 Å². The first-order valence-electron chi connectivity index (χ1n) is 5.40. The summed E-state index contributed by atoms with van der Waals surface area (Å²) in [6.45, 7) is 0.339. The number of nitrogens with one attached hydrogen (secondary N) is 1. The van der Waals surface area contributed by atoms with E-state index in [0.717, 1.165) is 12.1 Å². The number of aliphatic hydroxyl groups is 1. The lowest BCUT2D eigenvalue weighted by Gasteiger charge is -2.13. The number of rotatable bonds is 5. The fourth-order valence-electron chi connectivity index (χ4n) is 1.60. The Morgan fingerprint density at radius 1 is 1.28 bits per heavy atom. The van der Waals surface area contributed by atoms with E-state index in [-0.39, 0.29) is 12.1 Å². The molecule has 6 heteroatoms. The van der Waals surface area contributed by atoms with Crippen LogP contribution in [0.15, 0.2) is 35.0 Å². The van der Waals surface area contributed by atoms with Gasteiger partial charge in [-0.15, -0.1) is 0 Å². The van der Waals surface area contributed by atoms with Gasteiger partial charge in [-0.3, -0.25) is 0 Å². The molecule has 1 unspecified atom stereocenters. The molecule has 1 atom stereocenters. The molecule has 2 N–H and O–H groups in total. The summed E-state index contributed by atoms with van der Waals surface area (Å²) in [7, 11) is 0. The van der Waals surface area contributed by atoms with E-state index in [1.54, 1.807) is 6.07 Å². The highest BCUT2D eigenvalue weighted by molar-refractivity contribution is 5.22. The Morgan fingerprint density at radius 2 is 2.00 bits per heavy atom. The number of hydrogen-bond acceptors (Lipinski definition) is 4. The summed E-state index contributed by atoms with van der Waals surface area (Å²) >= 11 is 0. The van der Waals surface area contributed by atoms with Crippen LogP contribution >= 0.6 is 0 Å². The van der Waals surface area contributed by atoms with Crippen molar-refractivity contribution >= 4 is 0 Å². The minimum absolute atomic E-state index is 0.0125. The number of aliphatic hydroxyl groups excluding tert-OH is 1. The molecule has 2 rings (SSSR count). The predicted molar refractivity (Wildman–Crippen MR) is 59.5 cm³/mol. The zero-order valence-corrected chi connectivity index (χ0v) is 9.44. The van der Waals surface area contributed by atoms with Crippen molar-refractivity contribution in [2.45, 2.75) is 12.6 Å². The molecule has 0 saturated heterocycles. The van der Waals surface area contributed by atoms with Crippen LogP contribution in [0.2, 0.25) is 0 Å². The standard InChI is InChI=1S/C12H12F2N2O2/c13-9-2-1-3-10(14)12(9)11(17)7-15-6-8-4-5-16-18-8/h1-5,11,15,17H,6-7H2. The van der Waals surface area contributed by atoms with E-state index in [2.05, 4.69) is 10.5 Å². The normalized spacial score (nSPS) is 12.6. The van der Waals surface area contributed by atoms with E-state index in [4.69, 9.17) is 4.52 Å². The molecule has 2 aromatic rings. The van der Waals surface area contributed by atoms with E-state index < -0.39 is 17.7 Å². The Bertz CT molecular complexity index is 483. The lowest BCUT2D eigenvalue weighted by Crippen LogP contribution is -2.22. The highest BCUT2D eigenvalue weighted by atomic mass is 19.1. The molecule has 0 aliphatic rings. The lowest BCUT2D eigenvalue weighted by atomic mass is 10.1. The first kappa shape index (κ1) is 12.7. The van der Waals surface area contributed by atoms with Crippen molar-refractivity contribution in [2.24, 2.45) is 0 Å². The molecule has 96 valence electrons. The predicted octanol–water partition coefficient (Wildman–Crippen LogP) is 1.78. The van der Waals surface area contributed by atoms with E-state index in [1.807, 2.05) is 0 Å². The van der Waals surface area contributed by atoms with E-state index in [0.29, 0.717) is 12.3 Å². The number of halogens is 2. The maximum absolute atomic E-state index is 13.3. The second kappa shape index (κ2) is 5.70. The SMILES string of the molecule is OC(CNCc1ccno1)c1c(F)cccc1F. The molecule has 0 aliphatic carbocycles. The third-order valence-electron chi connectivity index (χ3n) is 2.46. The highest BCUT2D eigenvalue weighted by Gasteiger charge is 2.17. The lowest BCUT2D eigenvalue weighted by molar-refractivity contribution is 0.163. The van der Waals surface area contributed by atoms with Crippen LogP contribution in [0.5, 0.6) is 0 Å². The van der Waals surface area contributed by atoms with Gasteiger partial charge in [0.25, 0.3) is 0 Å². The summed E-state index contributed by atoms with van der Waals surface area (Å²) in [5, 5.41) is 16.1. The fraction of sp³-hybridized carbons (Fsp3) is 0.250. The first-order chi connectivity index (χ1) is 8.68. The van der Waals surface area contributed by atoms with Gasteiger partial charge in [-0.2, -0.15) is 0 Å². The van der Waals surface area contributed by atoms with Gasteiger partial charge in [0.1, 0.15) is 17.4 Å². The van der Waals surface area contributed by atoms with Crippen molar-refractivity contribution in [3.8, 4) is 0 Å². The van der Waals surface area contributed by atoms with Crippen LogP contribution in [0.1, 0.15) is 17.4 Å². The van der Waals surface area contributed by atoms with Gasteiger partial charge in [0, 0.05) is 12.6 Å². The summed E-state index contributed by atoms with van der Waals surface area (Å²) in [6.07, 6.45) is 0.235. The second-order valence-electron chi connectivity index (χ2n) is 3.76. The van der Waals surface area contributed by atoms with Gasteiger partial charge in [0.15, 0.2) is 0 Å². The molecule has 0 bridgehead atoms. The Labute approximate surface area is 102 Å². The van der Waals surface area contributed by atoms with Crippen molar-refractivity contribution in [3.63, 3.8) is 0 Å². The molecule has 0 amide bonds. The number of benzene rings is 1. The largest absolute Gasteiger partial charge is 0.387 e. The van der Waals surface area contributed by atoms with E-state index >= 15 is 0 Å². The van der Waals surface area contributed by atoms with Gasteiger partial charge in [0.05, 0.1) is 24.4 Å². The molecule has 4 nitrogen and oxygen atoms in total. The zero-order valence-electron chi connectivity index (χ0n) is 9.44. The molecule has 0 spiro atoms. The Balaban J connectivity index is 1.93. The Morgan fingerprint density at radius 3 is 2.61 bits per heavy atom. The van der Waals surface area contributed by atoms with Crippen LogP contribution in [0, 0.1) is 11.6 Å². The Kier molecular flexibility index (Phi) is 4.01. The van der Waals surface area contributed by atoms with Crippen LogP contribution in [0.4, 0.5) is 8.78 Å². The minimum Gasteiger partial charge on any atom is -0.387 e. The molecule has 0 radical (unpaired) electrons. The van der Waals surface area contributed by atoms with Crippen LogP contribution < -0.4 is 5.32 Å². The third kappa shape index (κ3) is 2.91. The van der Waals surface area contributed by atoms with Gasteiger partial charge in [-0.25, -0.2) is 8.78 Å². The number of nitrogens with zero attached hydrogens (tertiary/aromatic N) is 1. The summed E-state index contributed by atoms with van der Waals surface area (Å²) in [4.78, 5) is 0. The van der Waals surface area contributed by atoms with Crippen molar-refractivity contribution in [2.75, 3.05) is 6.54 Å². The number of aromatic nitrogens is 1. The second-order valence-corrected chi connectivity index (χ2v) is 3.76. The summed E-state index contributed by atoms with van der Waals surface area (Å²) in [5.41, 5.74) is -0.331. The van der Waals surface area contributed by atoms with Crippen molar-refractivity contribution < 1.29 is 18.4 Å². The van der Waals surface area contributed by atoms with Gasteiger partial charge in [-0.05, 0) is 12.1 Å². The summed E-state index contributed by atoms with van der Waals surface area (Å²) in [5.74, 6) is -0.941. The van der Waals surface area contributed by atoms with Gasteiger partial charge >= 0.3 is 0 Å². The Hall–Kier alpha value is -1.79. The van der Waals surface area contributed by atoms with Crippen LogP contribution in [-0.4, -0.2) is 16.8 Å². The van der Waals surface area contributed by atoms with Gasteiger partial charge < -0.3 is 14.9 Å². The smallest absolute Gasteiger partial charge is 0.150 e. The highest BCUT2D eigenvalue weighted by Crippen LogP contribution is 2.19. The molecular weight excluding hydrogens is 242 g/mol. The zero-order chi connectivity index (χ0) is 13.0. The van der Waals surface area contributed by atoms with Gasteiger partial charge in [0.2, 0.25) is 0 Å². The average Bonchev–Trinajstić information content (AvgIpc) is 2.82. The van der Waals surface area contributed by atoms with Crippen molar-refractivity contribution in [1.29, 1.82) is 0 Å². The third-order valence-corrected chi connectivity index (χ3v) is 2.46. The van der Waals surface area contributed by atoms with Gasteiger partial charge in [-0.1, -0.05) is 11.2 Å². The summed E-state index contributed by atoms with van der Waals surface area (Å²) < 4.78 is 31.5. The minimum atomic E-state index is -1.26. The summed E-state index contributed by atoms with van der Waals surface area (Å²) in [6, 6.07) is 5.13. The maximum atomic E-state index is 13.3. The van der Waals surface area contributed by atoms with Crippen molar-refractivity contribution in [1.82, 2.24) is 10.5 Å². The van der Waals surface area contributed by atoms with Crippen molar-refractivity contribution in [3.05, 3.63) is 53.4 Å². The fourth-order valence-corrected chi connectivity index (χ4v) is 1.60. The molecule has 0 saturated carbocycles. The first-order valence-corrected chi connectivity index (χ1v) is 5.40. The number of hydrogen-bond donors (Lipinski definition) is 2. The molecule has 1 aromatic carbocycles. The molecule has 0 aliphatic heterocycles. The molecule has 18 heavy (non-hydrogen) atoms. The average molecular weight is 254 g/mol. The molecule has 0 fully saturated rings. The maximum Gasteiger partial charge on any atom is 0.150 e. The molecular formula is C12H12F2N2O2. The van der Waals surface area contributed by atoms with Crippen LogP contribution in [0.3, 0.4) is 0 Å². The van der Waals surface area contributed by atoms with Crippen LogP contribution in [0.25, 0.3) is 0 Å². The topological polar surface area (TPSA) is 58.3 Å². The quantitative estimate of drug-likeness (QED) is 0.853. The van der Waals surface area contributed by atoms with E-state index in [1.165, 1.54) is 12.3 Å². The monoisotopic (exact) mass is 254 g/mol. The molecule has 1 heterocycles. The molecule has 1 aromatic heterocycles. The van der Waals surface area contributed by atoms with Crippen LogP contribution in [-0.2, 0) is 6.54 Å².